The zero-order valence-electron chi connectivity index (χ0n) is 10.0. The van der Waals surface area contributed by atoms with Crippen LogP contribution in [0.3, 0.4) is 0 Å². The van der Waals surface area contributed by atoms with E-state index in [9.17, 15) is 8.42 Å². The van der Waals surface area contributed by atoms with Crippen LogP contribution in [0, 0.1) is 0 Å². The third-order valence-corrected chi connectivity index (χ3v) is 4.76. The molecule has 0 spiro atoms. The van der Waals surface area contributed by atoms with Gasteiger partial charge in [0.2, 0.25) is 10.0 Å². The molecule has 0 fully saturated rings. The van der Waals surface area contributed by atoms with Crippen LogP contribution in [0.4, 0.5) is 5.69 Å². The highest BCUT2D eigenvalue weighted by Crippen LogP contribution is 2.32. The average molecular weight is 333 g/mol. The number of anilines is 1. The molecule has 0 aliphatic rings. The summed E-state index contributed by atoms with van der Waals surface area (Å²) in [5, 5.41) is 0.0948. The fourth-order valence-electron chi connectivity index (χ4n) is 1.43. The van der Waals surface area contributed by atoms with Gasteiger partial charge in [-0.3, -0.25) is 0 Å². The fraction of sp³-hybridized carbons (Fsp3) is 0.0909. The van der Waals surface area contributed by atoms with E-state index in [1.807, 2.05) is 0 Å². The zero-order valence-corrected chi connectivity index (χ0v) is 12.4. The van der Waals surface area contributed by atoms with E-state index in [2.05, 4.69) is 14.7 Å². The van der Waals surface area contributed by atoms with Crippen LogP contribution in [0.1, 0.15) is 5.69 Å². The Labute approximate surface area is 126 Å². The first-order valence-electron chi connectivity index (χ1n) is 5.40. The lowest BCUT2D eigenvalue weighted by molar-refractivity contribution is 0.580. The van der Waals surface area contributed by atoms with Crippen molar-refractivity contribution in [1.82, 2.24) is 14.7 Å². The predicted octanol–water partition coefficient (Wildman–Crippen LogP) is 1.84. The second kappa shape index (κ2) is 5.92. The van der Waals surface area contributed by atoms with Gasteiger partial charge in [-0.1, -0.05) is 23.2 Å². The van der Waals surface area contributed by atoms with E-state index in [0.717, 1.165) is 0 Å². The van der Waals surface area contributed by atoms with Crippen molar-refractivity contribution in [3.05, 3.63) is 46.5 Å². The lowest BCUT2D eigenvalue weighted by atomic mass is 10.3. The Morgan fingerprint density at radius 2 is 2.00 bits per heavy atom. The summed E-state index contributed by atoms with van der Waals surface area (Å²) >= 11 is 11.7. The van der Waals surface area contributed by atoms with Crippen molar-refractivity contribution in [3.8, 4) is 0 Å². The molecule has 1 aromatic carbocycles. The van der Waals surface area contributed by atoms with Gasteiger partial charge in [-0.25, -0.2) is 23.1 Å². The molecule has 0 saturated carbocycles. The van der Waals surface area contributed by atoms with E-state index in [1.165, 1.54) is 24.7 Å². The van der Waals surface area contributed by atoms with E-state index in [0.29, 0.717) is 5.69 Å². The summed E-state index contributed by atoms with van der Waals surface area (Å²) in [5.74, 6) is 0. The van der Waals surface area contributed by atoms with Crippen molar-refractivity contribution in [2.45, 2.75) is 11.4 Å². The minimum absolute atomic E-state index is 0.0176. The molecule has 0 saturated heterocycles. The summed E-state index contributed by atoms with van der Waals surface area (Å²) in [6.07, 6.45) is 2.85. The molecule has 3 N–H and O–H groups in total. The van der Waals surface area contributed by atoms with Crippen LogP contribution < -0.4 is 10.5 Å². The van der Waals surface area contributed by atoms with Crippen LogP contribution in [0.2, 0.25) is 10.0 Å². The third kappa shape index (κ3) is 3.18. The second-order valence-electron chi connectivity index (χ2n) is 3.80. The van der Waals surface area contributed by atoms with Gasteiger partial charge in [-0.05, 0) is 18.2 Å². The zero-order chi connectivity index (χ0) is 14.8. The minimum Gasteiger partial charge on any atom is -0.396 e. The van der Waals surface area contributed by atoms with Crippen LogP contribution in [0.15, 0.2) is 35.6 Å². The molecule has 0 atom stereocenters. The standard InChI is InChI=1S/C11H10Cl2N4O2S/c12-8-1-2-9(10(13)11(8)14)20(18,19)17-5-7-3-4-15-6-16-7/h1-4,6,17H,5,14H2. The molecule has 0 aliphatic heterocycles. The average Bonchev–Trinajstić information content (AvgIpc) is 2.44. The smallest absolute Gasteiger partial charge is 0.242 e. The van der Waals surface area contributed by atoms with Gasteiger partial charge in [0.05, 0.1) is 28.0 Å². The summed E-state index contributed by atoms with van der Waals surface area (Å²) in [7, 11) is -3.81. The number of sulfonamides is 1. The molecule has 0 aliphatic carbocycles. The quantitative estimate of drug-likeness (QED) is 0.832. The van der Waals surface area contributed by atoms with E-state index in [4.69, 9.17) is 28.9 Å². The monoisotopic (exact) mass is 332 g/mol. The highest BCUT2D eigenvalue weighted by atomic mass is 35.5. The van der Waals surface area contributed by atoms with Gasteiger partial charge in [0, 0.05) is 6.20 Å². The molecule has 0 radical (unpaired) electrons. The number of aromatic nitrogens is 2. The Bertz CT molecular complexity index is 723. The number of halogens is 2. The minimum atomic E-state index is -3.81. The molecule has 6 nitrogen and oxygen atoms in total. The van der Waals surface area contributed by atoms with Crippen molar-refractivity contribution in [1.29, 1.82) is 0 Å². The molecule has 2 rings (SSSR count). The molecule has 2 aromatic rings. The Balaban J connectivity index is 2.25. The van der Waals surface area contributed by atoms with Crippen molar-refractivity contribution < 1.29 is 8.42 Å². The van der Waals surface area contributed by atoms with Gasteiger partial charge in [-0.2, -0.15) is 0 Å². The Morgan fingerprint density at radius 3 is 2.65 bits per heavy atom. The molecule has 0 unspecified atom stereocenters. The van der Waals surface area contributed by atoms with Crippen LogP contribution in [0.25, 0.3) is 0 Å². The second-order valence-corrected chi connectivity index (χ2v) is 6.32. The molecule has 1 heterocycles. The van der Waals surface area contributed by atoms with Crippen LogP contribution in [0.5, 0.6) is 0 Å². The first kappa shape index (κ1) is 15.0. The lowest BCUT2D eigenvalue weighted by Gasteiger charge is -2.10. The fourth-order valence-corrected chi connectivity index (χ4v) is 3.19. The van der Waals surface area contributed by atoms with E-state index < -0.39 is 10.0 Å². The van der Waals surface area contributed by atoms with Gasteiger partial charge >= 0.3 is 0 Å². The van der Waals surface area contributed by atoms with Crippen LogP contribution in [-0.4, -0.2) is 18.4 Å². The molecule has 20 heavy (non-hydrogen) atoms. The third-order valence-electron chi connectivity index (χ3n) is 2.47. The molecular weight excluding hydrogens is 323 g/mol. The Kier molecular flexibility index (Phi) is 4.44. The maximum Gasteiger partial charge on any atom is 0.242 e. The Hall–Kier alpha value is -1.41. The summed E-state index contributed by atoms with van der Waals surface area (Å²) in [6.45, 7) is 0.0176. The van der Waals surface area contributed by atoms with Gasteiger partial charge in [0.15, 0.2) is 0 Å². The van der Waals surface area contributed by atoms with Gasteiger partial charge < -0.3 is 5.73 Å². The van der Waals surface area contributed by atoms with Crippen molar-refractivity contribution >= 4 is 38.9 Å². The summed E-state index contributed by atoms with van der Waals surface area (Å²) in [5.41, 5.74) is 6.17. The molecule has 0 amide bonds. The van der Waals surface area contributed by atoms with Gasteiger partial charge in [0.1, 0.15) is 11.2 Å². The number of nitrogens with zero attached hydrogens (tertiary/aromatic N) is 2. The molecular formula is C11H10Cl2N4O2S. The lowest BCUT2D eigenvalue weighted by Crippen LogP contribution is -2.24. The van der Waals surface area contributed by atoms with Gasteiger partial charge in [0.25, 0.3) is 0 Å². The summed E-state index contributed by atoms with van der Waals surface area (Å²) in [4.78, 5) is 7.53. The maximum absolute atomic E-state index is 12.2. The summed E-state index contributed by atoms with van der Waals surface area (Å²) in [6, 6.07) is 4.27. The normalized spacial score (nSPS) is 11.5. The van der Waals surface area contributed by atoms with Crippen molar-refractivity contribution in [3.63, 3.8) is 0 Å². The number of hydrogen-bond donors (Lipinski definition) is 2. The number of hydrogen-bond acceptors (Lipinski definition) is 5. The highest BCUT2D eigenvalue weighted by Gasteiger charge is 2.20. The first-order chi connectivity index (χ1) is 9.42. The number of nitrogen functional groups attached to an aromatic ring is 1. The van der Waals surface area contributed by atoms with E-state index in [1.54, 1.807) is 6.07 Å². The largest absolute Gasteiger partial charge is 0.396 e. The number of nitrogens with one attached hydrogen (secondary N) is 1. The Morgan fingerprint density at radius 1 is 1.25 bits per heavy atom. The SMILES string of the molecule is Nc1c(Cl)ccc(S(=O)(=O)NCc2ccncn2)c1Cl. The summed E-state index contributed by atoms with van der Waals surface area (Å²) < 4.78 is 26.7. The van der Waals surface area contributed by atoms with Gasteiger partial charge in [-0.15, -0.1) is 0 Å². The van der Waals surface area contributed by atoms with E-state index >= 15 is 0 Å². The number of benzene rings is 1. The molecule has 106 valence electrons. The van der Waals surface area contributed by atoms with Crippen LogP contribution >= 0.6 is 23.2 Å². The van der Waals surface area contributed by atoms with E-state index in [-0.39, 0.29) is 27.2 Å². The van der Waals surface area contributed by atoms with Crippen LogP contribution in [-0.2, 0) is 16.6 Å². The van der Waals surface area contributed by atoms with Crippen molar-refractivity contribution in [2.75, 3.05) is 5.73 Å². The highest BCUT2D eigenvalue weighted by molar-refractivity contribution is 7.89. The molecule has 1 aromatic heterocycles. The molecule has 9 heteroatoms. The maximum atomic E-state index is 12.2. The topological polar surface area (TPSA) is 98.0 Å². The predicted molar refractivity (Wildman–Crippen MR) is 76.9 cm³/mol. The van der Waals surface area contributed by atoms with Crippen molar-refractivity contribution in [2.24, 2.45) is 0 Å². The first-order valence-corrected chi connectivity index (χ1v) is 7.64. The number of nitrogens with two attached hydrogens (primary N) is 1. The molecule has 0 bridgehead atoms. The number of rotatable bonds is 4.